The first-order valence-electron chi connectivity index (χ1n) is 11.0. The highest BCUT2D eigenvalue weighted by Crippen LogP contribution is 2.38. The third-order valence-electron chi connectivity index (χ3n) is 5.48. The van der Waals surface area contributed by atoms with Crippen LogP contribution in [0.3, 0.4) is 0 Å². The van der Waals surface area contributed by atoms with Gasteiger partial charge in [-0.05, 0) is 149 Å². The Bertz CT molecular complexity index is 1450. The molecule has 0 unspecified atom stereocenters. The molecule has 0 saturated carbocycles. The lowest BCUT2D eigenvalue weighted by Crippen LogP contribution is -2.36. The van der Waals surface area contributed by atoms with Gasteiger partial charge in [0.15, 0.2) is 11.6 Å². The number of carbonyl (C=O) groups is 6. The molecule has 0 heterocycles. The van der Waals surface area contributed by atoms with Crippen LogP contribution in [0.1, 0.15) is 62.2 Å². The number of Topliss-reactive ketones (excluding diaryl/α,β-unsaturated/α-hetero) is 2. The molecule has 0 aliphatic rings. The number of nitrogens with zero attached hydrogens (tertiary/aromatic N) is 1. The van der Waals surface area contributed by atoms with Crippen LogP contribution < -0.4 is 20.9 Å². The smallest absolute Gasteiger partial charge is 0.253 e. The Morgan fingerprint density at radius 3 is 1.48 bits per heavy atom. The summed E-state index contributed by atoms with van der Waals surface area (Å²) in [4.78, 5) is 77.3. The van der Waals surface area contributed by atoms with Crippen molar-refractivity contribution >= 4 is 182 Å². The van der Waals surface area contributed by atoms with Crippen molar-refractivity contribution < 1.29 is 28.8 Å². The summed E-state index contributed by atoms with van der Waals surface area (Å²) in [5, 5.41) is 7.87. The number of hydrogen-bond donors (Lipinski definition) is 3. The Balaban J connectivity index is 2.50. The Kier molecular flexibility index (Phi) is 13.7. The molecule has 10 nitrogen and oxygen atoms in total. The molecule has 4 amide bonds. The fraction of sp³-hybridized carbons (Fsp3) is 0.250. The fourth-order valence-electron chi connectivity index (χ4n) is 3.45. The van der Waals surface area contributed by atoms with E-state index in [9.17, 15) is 28.8 Å². The standard InChI is InChI=1S/C24H20I6N4O6/c1-7(35)11-15(25)12(8(2)36)18(28)21(17(11)27)33-10(38)6-32-24(40)14-16(26)13(23(39)31-4)19(29)22(20(14)30)34(5)9(3)37/h6H2,1-5H3,(H,31,39)(H,32,40)(H,33,38). The minimum Gasteiger partial charge on any atom is -0.355 e. The second-order valence-electron chi connectivity index (χ2n) is 8.11. The topological polar surface area (TPSA) is 142 Å². The second-order valence-corrected chi connectivity index (χ2v) is 14.6. The van der Waals surface area contributed by atoms with Crippen LogP contribution in [-0.4, -0.2) is 55.8 Å². The largest absolute Gasteiger partial charge is 0.355 e. The highest BCUT2D eigenvalue weighted by atomic mass is 127. The molecular formula is C24H20I6N4O6. The van der Waals surface area contributed by atoms with E-state index in [1.54, 1.807) is 7.05 Å². The molecule has 0 radical (unpaired) electrons. The Morgan fingerprint density at radius 2 is 1.07 bits per heavy atom. The summed E-state index contributed by atoms with van der Waals surface area (Å²) in [7, 11) is 3.01. The molecule has 16 heteroatoms. The van der Waals surface area contributed by atoms with Gasteiger partial charge in [0.25, 0.3) is 11.8 Å². The third-order valence-corrected chi connectivity index (χ3v) is 11.9. The first-order valence-corrected chi connectivity index (χ1v) is 17.4. The van der Waals surface area contributed by atoms with E-state index in [-0.39, 0.29) is 28.6 Å². The maximum absolute atomic E-state index is 13.4. The molecule has 0 saturated heterocycles. The van der Waals surface area contributed by atoms with Crippen LogP contribution in [0.2, 0.25) is 0 Å². The number of halogens is 6. The van der Waals surface area contributed by atoms with Crippen molar-refractivity contribution in [3.63, 3.8) is 0 Å². The van der Waals surface area contributed by atoms with Gasteiger partial charge < -0.3 is 20.9 Å². The Labute approximate surface area is 312 Å². The first kappa shape index (κ1) is 36.2. The van der Waals surface area contributed by atoms with Crippen molar-refractivity contribution in [2.24, 2.45) is 0 Å². The molecule has 2 aromatic rings. The maximum atomic E-state index is 13.4. The van der Waals surface area contributed by atoms with E-state index >= 15 is 0 Å². The van der Waals surface area contributed by atoms with E-state index in [4.69, 9.17) is 0 Å². The molecule has 2 rings (SSSR count). The zero-order valence-electron chi connectivity index (χ0n) is 21.4. The lowest BCUT2D eigenvalue weighted by molar-refractivity contribution is -0.116. The number of amides is 4. The Morgan fingerprint density at radius 1 is 0.650 bits per heavy atom. The summed E-state index contributed by atoms with van der Waals surface area (Å²) in [6.45, 7) is 3.71. The van der Waals surface area contributed by atoms with Crippen LogP contribution in [0.5, 0.6) is 0 Å². The zero-order chi connectivity index (χ0) is 30.8. The zero-order valence-corrected chi connectivity index (χ0v) is 34.3. The van der Waals surface area contributed by atoms with Crippen LogP contribution in [-0.2, 0) is 9.59 Å². The van der Waals surface area contributed by atoms with Gasteiger partial charge in [-0.25, -0.2) is 0 Å². The molecule has 214 valence electrons. The van der Waals surface area contributed by atoms with Gasteiger partial charge in [-0.2, -0.15) is 0 Å². The predicted octanol–water partition coefficient (Wildman–Crippen LogP) is 5.43. The van der Waals surface area contributed by atoms with Crippen LogP contribution >= 0.6 is 136 Å². The van der Waals surface area contributed by atoms with Gasteiger partial charge >= 0.3 is 0 Å². The molecule has 0 bridgehead atoms. The minimum absolute atomic E-state index is 0.146. The summed E-state index contributed by atoms with van der Waals surface area (Å²) in [6.07, 6.45) is 0. The SMILES string of the molecule is CNC(=O)c1c(I)c(C(=O)NCC(=O)Nc2c(I)c(C(C)=O)c(I)c(C(C)=O)c2I)c(I)c(N(C)C(C)=O)c1I. The average molecular weight is 1220 g/mol. The fourth-order valence-corrected chi connectivity index (χ4v) is 13.3. The van der Waals surface area contributed by atoms with Gasteiger partial charge in [0, 0.05) is 46.4 Å². The molecule has 0 fully saturated rings. The van der Waals surface area contributed by atoms with Gasteiger partial charge in [-0.1, -0.05) is 0 Å². The summed E-state index contributed by atoms with van der Waals surface area (Å²) >= 11 is 11.7. The lowest BCUT2D eigenvalue weighted by Gasteiger charge is -2.24. The minimum atomic E-state index is -0.621. The predicted molar refractivity (Wildman–Crippen MR) is 203 cm³/mol. The number of benzene rings is 2. The summed E-state index contributed by atoms with van der Waals surface area (Å²) in [6, 6.07) is 0. The lowest BCUT2D eigenvalue weighted by atomic mass is 10.0. The quantitative estimate of drug-likeness (QED) is 0.238. The van der Waals surface area contributed by atoms with Gasteiger partial charge in [-0.3, -0.25) is 28.8 Å². The molecule has 0 aliphatic carbocycles. The van der Waals surface area contributed by atoms with E-state index in [1.807, 2.05) is 136 Å². The molecule has 2 aromatic carbocycles. The number of nitrogens with one attached hydrogen (secondary N) is 3. The van der Waals surface area contributed by atoms with Crippen LogP contribution in [0.4, 0.5) is 11.4 Å². The monoisotopic (exact) mass is 1220 g/mol. The molecule has 0 aliphatic heterocycles. The van der Waals surface area contributed by atoms with Crippen LogP contribution in [0.15, 0.2) is 0 Å². The molecule has 0 spiro atoms. The number of anilines is 2. The van der Waals surface area contributed by atoms with Crippen molar-refractivity contribution in [3.8, 4) is 0 Å². The average Bonchev–Trinajstić information content (AvgIpc) is 2.84. The molecular weight excluding hydrogens is 1200 g/mol. The summed E-state index contributed by atoms with van der Waals surface area (Å²) in [5.74, 6) is -2.43. The van der Waals surface area contributed by atoms with Gasteiger partial charge in [-0.15, -0.1) is 0 Å². The van der Waals surface area contributed by atoms with Gasteiger partial charge in [0.1, 0.15) is 0 Å². The number of ketones is 2. The number of carbonyl (C=O) groups excluding carboxylic acids is 6. The van der Waals surface area contributed by atoms with Crippen molar-refractivity contribution in [2.45, 2.75) is 20.8 Å². The van der Waals surface area contributed by atoms with Crippen LogP contribution in [0.25, 0.3) is 0 Å². The van der Waals surface area contributed by atoms with E-state index in [2.05, 4.69) is 16.0 Å². The van der Waals surface area contributed by atoms with E-state index in [1.165, 1.54) is 32.7 Å². The molecule has 0 atom stereocenters. The van der Waals surface area contributed by atoms with Crippen molar-refractivity contribution in [2.75, 3.05) is 30.9 Å². The van der Waals surface area contributed by atoms with E-state index in [0.717, 1.165) is 0 Å². The third kappa shape index (κ3) is 7.57. The number of rotatable bonds is 8. The van der Waals surface area contributed by atoms with Gasteiger partial charge in [0.05, 0.1) is 36.2 Å². The van der Waals surface area contributed by atoms with E-state index < -0.39 is 24.3 Å². The maximum Gasteiger partial charge on any atom is 0.253 e. The van der Waals surface area contributed by atoms with Crippen molar-refractivity contribution in [1.29, 1.82) is 0 Å². The van der Waals surface area contributed by atoms with Gasteiger partial charge in [0.2, 0.25) is 11.8 Å². The van der Waals surface area contributed by atoms with Crippen molar-refractivity contribution in [3.05, 3.63) is 43.7 Å². The van der Waals surface area contributed by atoms with Crippen molar-refractivity contribution in [1.82, 2.24) is 10.6 Å². The Hall–Kier alpha value is 0.0400. The number of hydrogen-bond acceptors (Lipinski definition) is 6. The molecule has 3 N–H and O–H groups in total. The first-order chi connectivity index (χ1) is 18.5. The highest BCUT2D eigenvalue weighted by Gasteiger charge is 2.30. The molecule has 0 aromatic heterocycles. The summed E-state index contributed by atoms with van der Waals surface area (Å²) in [5.41, 5.74) is 1.75. The highest BCUT2D eigenvalue weighted by molar-refractivity contribution is 14.1. The normalized spacial score (nSPS) is 10.6. The molecule has 40 heavy (non-hydrogen) atoms. The van der Waals surface area contributed by atoms with Crippen LogP contribution in [0, 0.1) is 21.4 Å². The van der Waals surface area contributed by atoms with E-state index in [0.29, 0.717) is 43.9 Å². The second kappa shape index (κ2) is 15.2. The summed E-state index contributed by atoms with van der Waals surface area (Å²) < 4.78 is 2.79.